The SMILES string of the molecule is CCCNc1cc(NCC(C)(O)CCOC)ccn1. The van der Waals surface area contributed by atoms with Crippen molar-refractivity contribution in [1.82, 2.24) is 4.98 Å². The number of nitrogens with one attached hydrogen (secondary N) is 2. The summed E-state index contributed by atoms with van der Waals surface area (Å²) in [6.45, 7) is 5.85. The molecule has 0 aliphatic rings. The van der Waals surface area contributed by atoms with Crippen LogP contribution in [0.25, 0.3) is 0 Å². The fraction of sp³-hybridized carbons (Fsp3) is 0.643. The Hall–Kier alpha value is -1.33. The molecule has 0 spiro atoms. The maximum atomic E-state index is 10.1. The van der Waals surface area contributed by atoms with Crippen molar-refractivity contribution in [3.63, 3.8) is 0 Å². The largest absolute Gasteiger partial charge is 0.388 e. The van der Waals surface area contributed by atoms with Gasteiger partial charge in [-0.2, -0.15) is 0 Å². The molecule has 0 fully saturated rings. The van der Waals surface area contributed by atoms with Crippen LogP contribution in [0.5, 0.6) is 0 Å². The molecular formula is C14H25N3O2. The molecule has 0 aliphatic carbocycles. The highest BCUT2D eigenvalue weighted by Gasteiger charge is 2.19. The van der Waals surface area contributed by atoms with E-state index in [2.05, 4.69) is 22.5 Å². The van der Waals surface area contributed by atoms with Gasteiger partial charge in [0.2, 0.25) is 0 Å². The highest BCUT2D eigenvalue weighted by Crippen LogP contribution is 2.15. The zero-order chi connectivity index (χ0) is 14.1. The molecular weight excluding hydrogens is 242 g/mol. The molecule has 1 atom stereocenters. The lowest BCUT2D eigenvalue weighted by Gasteiger charge is -2.24. The first-order valence-corrected chi connectivity index (χ1v) is 6.72. The van der Waals surface area contributed by atoms with E-state index >= 15 is 0 Å². The van der Waals surface area contributed by atoms with Crippen LogP contribution >= 0.6 is 0 Å². The quantitative estimate of drug-likeness (QED) is 0.639. The van der Waals surface area contributed by atoms with E-state index in [1.165, 1.54) is 0 Å². The van der Waals surface area contributed by atoms with Gasteiger partial charge in [0.25, 0.3) is 0 Å². The fourth-order valence-electron chi connectivity index (χ4n) is 1.59. The van der Waals surface area contributed by atoms with Crippen LogP contribution in [-0.4, -0.2) is 42.5 Å². The summed E-state index contributed by atoms with van der Waals surface area (Å²) in [5.41, 5.74) is 0.169. The second-order valence-corrected chi connectivity index (χ2v) is 4.95. The van der Waals surface area contributed by atoms with E-state index in [-0.39, 0.29) is 0 Å². The first-order chi connectivity index (χ1) is 9.07. The van der Waals surface area contributed by atoms with Gasteiger partial charge in [-0.3, -0.25) is 0 Å². The summed E-state index contributed by atoms with van der Waals surface area (Å²) in [5.74, 6) is 0.850. The summed E-state index contributed by atoms with van der Waals surface area (Å²) < 4.78 is 4.99. The van der Waals surface area contributed by atoms with Crippen molar-refractivity contribution in [3.05, 3.63) is 18.3 Å². The Labute approximate surface area is 115 Å². The predicted octanol–water partition coefficient (Wildman–Crippen LogP) is 2.10. The second kappa shape index (κ2) is 7.96. The number of aliphatic hydroxyl groups is 1. The molecule has 1 aromatic heterocycles. The average Bonchev–Trinajstić information content (AvgIpc) is 2.41. The number of aromatic nitrogens is 1. The van der Waals surface area contributed by atoms with Crippen molar-refractivity contribution >= 4 is 11.5 Å². The molecule has 1 unspecified atom stereocenters. The number of pyridine rings is 1. The third-order valence-electron chi connectivity index (χ3n) is 2.83. The summed E-state index contributed by atoms with van der Waals surface area (Å²) in [5, 5.41) is 16.6. The van der Waals surface area contributed by atoms with E-state index in [4.69, 9.17) is 4.74 Å². The first kappa shape index (κ1) is 15.7. The second-order valence-electron chi connectivity index (χ2n) is 4.95. The fourth-order valence-corrected chi connectivity index (χ4v) is 1.59. The van der Waals surface area contributed by atoms with Crippen molar-refractivity contribution in [1.29, 1.82) is 0 Å². The van der Waals surface area contributed by atoms with Gasteiger partial charge < -0.3 is 20.5 Å². The Kier molecular flexibility index (Phi) is 6.59. The third kappa shape index (κ3) is 6.40. The van der Waals surface area contributed by atoms with Gasteiger partial charge in [0.1, 0.15) is 5.82 Å². The molecule has 0 aliphatic heterocycles. The molecule has 0 amide bonds. The molecule has 0 bridgehead atoms. The summed E-state index contributed by atoms with van der Waals surface area (Å²) in [7, 11) is 1.64. The molecule has 5 heteroatoms. The van der Waals surface area contributed by atoms with E-state index in [0.717, 1.165) is 24.5 Å². The lowest BCUT2D eigenvalue weighted by molar-refractivity contribution is 0.0357. The van der Waals surface area contributed by atoms with Crippen LogP contribution in [0.2, 0.25) is 0 Å². The highest BCUT2D eigenvalue weighted by molar-refractivity contribution is 5.51. The van der Waals surface area contributed by atoms with Crippen molar-refractivity contribution in [2.45, 2.75) is 32.3 Å². The zero-order valence-corrected chi connectivity index (χ0v) is 12.1. The van der Waals surface area contributed by atoms with Gasteiger partial charge in [-0.25, -0.2) is 4.98 Å². The number of ether oxygens (including phenoxy) is 1. The highest BCUT2D eigenvalue weighted by atomic mass is 16.5. The summed E-state index contributed by atoms with van der Waals surface area (Å²) in [6.07, 6.45) is 3.41. The number of hydrogen-bond acceptors (Lipinski definition) is 5. The molecule has 3 N–H and O–H groups in total. The Morgan fingerprint density at radius 2 is 2.21 bits per heavy atom. The first-order valence-electron chi connectivity index (χ1n) is 6.72. The van der Waals surface area contributed by atoms with Crippen LogP contribution in [-0.2, 0) is 4.74 Å². The average molecular weight is 267 g/mol. The van der Waals surface area contributed by atoms with Crippen LogP contribution in [0.1, 0.15) is 26.7 Å². The maximum absolute atomic E-state index is 10.1. The minimum Gasteiger partial charge on any atom is -0.388 e. The van der Waals surface area contributed by atoms with E-state index in [0.29, 0.717) is 19.6 Å². The number of nitrogens with zero attached hydrogens (tertiary/aromatic N) is 1. The smallest absolute Gasteiger partial charge is 0.127 e. The molecule has 0 saturated heterocycles. The Morgan fingerprint density at radius 3 is 2.89 bits per heavy atom. The van der Waals surface area contributed by atoms with E-state index < -0.39 is 5.60 Å². The van der Waals surface area contributed by atoms with Crippen LogP contribution < -0.4 is 10.6 Å². The molecule has 108 valence electrons. The minimum absolute atomic E-state index is 0.480. The normalized spacial score (nSPS) is 13.9. The van der Waals surface area contributed by atoms with Gasteiger partial charge in [-0.15, -0.1) is 0 Å². The molecule has 0 aromatic carbocycles. The Balaban J connectivity index is 2.48. The minimum atomic E-state index is -0.781. The van der Waals surface area contributed by atoms with Crippen LogP contribution in [0.4, 0.5) is 11.5 Å². The van der Waals surface area contributed by atoms with Gasteiger partial charge in [0, 0.05) is 51.2 Å². The monoisotopic (exact) mass is 267 g/mol. The van der Waals surface area contributed by atoms with Crippen LogP contribution in [0.15, 0.2) is 18.3 Å². The summed E-state index contributed by atoms with van der Waals surface area (Å²) >= 11 is 0. The van der Waals surface area contributed by atoms with Gasteiger partial charge in [-0.1, -0.05) is 6.92 Å². The third-order valence-corrected chi connectivity index (χ3v) is 2.83. The number of hydrogen-bond donors (Lipinski definition) is 3. The number of rotatable bonds is 9. The molecule has 1 rings (SSSR count). The number of methoxy groups -OCH3 is 1. The van der Waals surface area contributed by atoms with Crippen molar-refractivity contribution < 1.29 is 9.84 Å². The van der Waals surface area contributed by atoms with Crippen molar-refractivity contribution in [2.24, 2.45) is 0 Å². The lowest BCUT2D eigenvalue weighted by Crippen LogP contribution is -2.34. The molecule has 1 aromatic rings. The molecule has 5 nitrogen and oxygen atoms in total. The van der Waals surface area contributed by atoms with E-state index in [9.17, 15) is 5.11 Å². The standard InChI is InChI=1S/C14H25N3O2/c1-4-7-15-13-10-12(5-8-16-13)17-11-14(2,18)6-9-19-3/h5,8,10,18H,4,6-7,9,11H2,1-3H3,(H2,15,16,17). The van der Waals surface area contributed by atoms with Gasteiger partial charge in [0.15, 0.2) is 0 Å². The predicted molar refractivity (Wildman–Crippen MR) is 78.6 cm³/mol. The maximum Gasteiger partial charge on any atom is 0.127 e. The topological polar surface area (TPSA) is 66.4 Å². The van der Waals surface area contributed by atoms with Crippen LogP contribution in [0, 0.1) is 0 Å². The molecule has 19 heavy (non-hydrogen) atoms. The summed E-state index contributed by atoms with van der Waals surface area (Å²) in [4.78, 5) is 4.24. The van der Waals surface area contributed by atoms with Crippen molar-refractivity contribution in [2.75, 3.05) is 37.4 Å². The lowest BCUT2D eigenvalue weighted by atomic mass is 10.0. The van der Waals surface area contributed by atoms with E-state index in [1.54, 1.807) is 20.2 Å². The van der Waals surface area contributed by atoms with Gasteiger partial charge >= 0.3 is 0 Å². The molecule has 0 radical (unpaired) electrons. The number of anilines is 2. The molecule has 1 heterocycles. The van der Waals surface area contributed by atoms with Gasteiger partial charge in [0.05, 0.1) is 5.60 Å². The van der Waals surface area contributed by atoms with Crippen molar-refractivity contribution in [3.8, 4) is 0 Å². The zero-order valence-electron chi connectivity index (χ0n) is 12.1. The Morgan fingerprint density at radius 1 is 1.42 bits per heavy atom. The molecule has 0 saturated carbocycles. The van der Waals surface area contributed by atoms with Gasteiger partial charge in [-0.05, 0) is 19.4 Å². The summed E-state index contributed by atoms with van der Waals surface area (Å²) in [6, 6.07) is 3.84. The Bertz CT molecular complexity index is 369. The van der Waals surface area contributed by atoms with Crippen LogP contribution in [0.3, 0.4) is 0 Å². The van der Waals surface area contributed by atoms with E-state index in [1.807, 2.05) is 12.1 Å².